The zero-order valence-corrected chi connectivity index (χ0v) is 34.7. The average Bonchev–Trinajstić information content (AvgIpc) is 3.31. The van der Waals surface area contributed by atoms with Crippen molar-refractivity contribution in [3.05, 3.63) is 241 Å². The number of nitrogens with zero attached hydrogens (tertiary/aromatic N) is 2. The van der Waals surface area contributed by atoms with Gasteiger partial charge in [0, 0.05) is 44.4 Å². The van der Waals surface area contributed by atoms with Gasteiger partial charge in [-0.3, -0.25) is 0 Å². The minimum Gasteiger partial charge on any atom is -0.310 e. The molecule has 0 radical (unpaired) electrons. The van der Waals surface area contributed by atoms with Gasteiger partial charge in [0.2, 0.25) is 0 Å². The van der Waals surface area contributed by atoms with Crippen molar-refractivity contribution in [3.8, 4) is 0 Å². The maximum atomic E-state index is 2.42. The fourth-order valence-electron chi connectivity index (χ4n) is 9.27. The Morgan fingerprint density at radius 3 is 0.900 bits per heavy atom. The first-order valence-corrected chi connectivity index (χ1v) is 21.0. The molecule has 0 aliphatic rings. The fraction of sp³-hybridized carbons (Fsp3) is 0.103. The van der Waals surface area contributed by atoms with Crippen molar-refractivity contribution in [2.24, 2.45) is 0 Å². The lowest BCUT2D eigenvalue weighted by atomic mass is 9.78. The number of rotatable bonds is 10. The molecule has 0 saturated heterocycles. The van der Waals surface area contributed by atoms with Crippen molar-refractivity contribution >= 4 is 66.4 Å². The Kier molecular flexibility index (Phi) is 9.22. The van der Waals surface area contributed by atoms with E-state index in [2.05, 4.69) is 256 Å². The number of para-hydroxylation sites is 2. The molecule has 10 aromatic carbocycles. The Balaban J connectivity index is 1.12. The monoisotopic (exact) mass is 772 g/mol. The molecule has 60 heavy (non-hydrogen) atoms. The standard InChI is InChI=1S/C58H48N2/c1-57(2,43-17-9-5-10-18-43)45-29-33-49(34-30-45)59(47-21-13-7-14-22-47)53-39-27-41-26-38-52-54(40-28-42-25-37-51(53)55(41)56(42)52)60(48-23-15-8-16-24-48)50-35-31-46(32-36-50)58(3,4)44-19-11-6-12-20-44/h5-40H,1-4H3. The smallest absolute Gasteiger partial charge is 0.0540 e. The zero-order chi connectivity index (χ0) is 40.8. The highest BCUT2D eigenvalue weighted by Crippen LogP contribution is 2.48. The lowest BCUT2D eigenvalue weighted by molar-refractivity contribution is 0.641. The Morgan fingerprint density at radius 1 is 0.267 bits per heavy atom. The molecule has 0 N–H and O–H groups in total. The summed E-state index contributed by atoms with van der Waals surface area (Å²) in [6.07, 6.45) is 0. The predicted molar refractivity (Wildman–Crippen MR) is 257 cm³/mol. The highest BCUT2D eigenvalue weighted by molar-refractivity contribution is 6.28. The number of hydrogen-bond acceptors (Lipinski definition) is 2. The molecule has 0 unspecified atom stereocenters. The summed E-state index contributed by atoms with van der Waals surface area (Å²) in [6, 6.07) is 79.9. The first-order chi connectivity index (χ1) is 29.3. The van der Waals surface area contributed by atoms with Gasteiger partial charge in [0.1, 0.15) is 0 Å². The molecular formula is C58H48N2. The minimum absolute atomic E-state index is 0.128. The second-order valence-electron chi connectivity index (χ2n) is 17.0. The van der Waals surface area contributed by atoms with Crippen molar-refractivity contribution in [2.45, 2.75) is 38.5 Å². The normalized spacial score (nSPS) is 12.0. The molecule has 0 aliphatic heterocycles. The molecule has 0 amide bonds. The number of benzene rings is 10. The Labute approximate surface area is 354 Å². The lowest BCUT2D eigenvalue weighted by Gasteiger charge is -2.31. The first-order valence-electron chi connectivity index (χ1n) is 21.0. The maximum Gasteiger partial charge on any atom is 0.0540 e. The lowest BCUT2D eigenvalue weighted by Crippen LogP contribution is -2.19. The van der Waals surface area contributed by atoms with E-state index in [-0.39, 0.29) is 10.8 Å². The summed E-state index contributed by atoms with van der Waals surface area (Å²) in [5.74, 6) is 0. The van der Waals surface area contributed by atoms with Crippen LogP contribution >= 0.6 is 0 Å². The molecule has 0 heterocycles. The molecule has 0 atom stereocenters. The van der Waals surface area contributed by atoms with E-state index in [1.54, 1.807) is 0 Å². The Bertz CT molecular complexity index is 2830. The van der Waals surface area contributed by atoms with Crippen LogP contribution in [0.3, 0.4) is 0 Å². The van der Waals surface area contributed by atoms with Crippen LogP contribution in [0.25, 0.3) is 32.3 Å². The van der Waals surface area contributed by atoms with E-state index < -0.39 is 0 Å². The largest absolute Gasteiger partial charge is 0.310 e. The van der Waals surface area contributed by atoms with Gasteiger partial charge in [-0.1, -0.05) is 185 Å². The second kappa shape index (κ2) is 14.9. The molecule has 2 nitrogen and oxygen atoms in total. The summed E-state index contributed by atoms with van der Waals surface area (Å²) in [5.41, 5.74) is 11.7. The van der Waals surface area contributed by atoms with Crippen LogP contribution in [-0.4, -0.2) is 0 Å². The summed E-state index contributed by atoms with van der Waals surface area (Å²) in [6.45, 7) is 9.23. The minimum atomic E-state index is -0.128. The van der Waals surface area contributed by atoms with Crippen LogP contribution in [0, 0.1) is 0 Å². The molecule has 0 aromatic heterocycles. The molecule has 2 heteroatoms. The molecule has 10 rings (SSSR count). The third kappa shape index (κ3) is 6.37. The molecule has 0 saturated carbocycles. The van der Waals surface area contributed by atoms with Gasteiger partial charge in [-0.25, -0.2) is 0 Å². The summed E-state index contributed by atoms with van der Waals surface area (Å²) in [5, 5.41) is 7.46. The number of hydrogen-bond donors (Lipinski definition) is 0. The Morgan fingerprint density at radius 2 is 0.550 bits per heavy atom. The van der Waals surface area contributed by atoms with Crippen LogP contribution in [0.4, 0.5) is 34.1 Å². The van der Waals surface area contributed by atoms with Crippen LogP contribution in [0.5, 0.6) is 0 Å². The first kappa shape index (κ1) is 37.1. The Hall–Kier alpha value is -7.16. The van der Waals surface area contributed by atoms with E-state index in [1.165, 1.54) is 54.6 Å². The van der Waals surface area contributed by atoms with Gasteiger partial charge in [0.05, 0.1) is 11.4 Å². The summed E-state index contributed by atoms with van der Waals surface area (Å²) in [7, 11) is 0. The van der Waals surface area contributed by atoms with Crippen LogP contribution < -0.4 is 9.80 Å². The van der Waals surface area contributed by atoms with Gasteiger partial charge in [0.25, 0.3) is 0 Å². The highest BCUT2D eigenvalue weighted by Gasteiger charge is 2.26. The third-order valence-electron chi connectivity index (χ3n) is 12.8. The average molecular weight is 773 g/mol. The highest BCUT2D eigenvalue weighted by atomic mass is 15.1. The van der Waals surface area contributed by atoms with Gasteiger partial charge in [-0.2, -0.15) is 0 Å². The van der Waals surface area contributed by atoms with Crippen molar-refractivity contribution in [2.75, 3.05) is 9.80 Å². The molecule has 0 aliphatic carbocycles. The quantitative estimate of drug-likeness (QED) is 0.128. The van der Waals surface area contributed by atoms with E-state index in [1.807, 2.05) is 0 Å². The van der Waals surface area contributed by atoms with E-state index >= 15 is 0 Å². The summed E-state index contributed by atoms with van der Waals surface area (Å²) in [4.78, 5) is 4.84. The zero-order valence-electron chi connectivity index (χ0n) is 34.7. The molecule has 0 spiro atoms. The van der Waals surface area contributed by atoms with Crippen molar-refractivity contribution < 1.29 is 0 Å². The van der Waals surface area contributed by atoms with E-state index in [9.17, 15) is 0 Å². The topological polar surface area (TPSA) is 6.48 Å². The van der Waals surface area contributed by atoms with E-state index in [0.29, 0.717) is 0 Å². The van der Waals surface area contributed by atoms with Crippen LogP contribution in [-0.2, 0) is 10.8 Å². The van der Waals surface area contributed by atoms with Gasteiger partial charge in [0.15, 0.2) is 0 Å². The predicted octanol–water partition coefficient (Wildman–Crippen LogP) is 16.2. The van der Waals surface area contributed by atoms with Crippen LogP contribution in [0.1, 0.15) is 49.9 Å². The van der Waals surface area contributed by atoms with Gasteiger partial charge in [-0.15, -0.1) is 0 Å². The molecule has 0 fully saturated rings. The second-order valence-corrected chi connectivity index (χ2v) is 17.0. The van der Waals surface area contributed by atoms with E-state index in [0.717, 1.165) is 34.1 Å². The van der Waals surface area contributed by atoms with Gasteiger partial charge < -0.3 is 9.80 Å². The van der Waals surface area contributed by atoms with Crippen molar-refractivity contribution in [3.63, 3.8) is 0 Å². The SMILES string of the molecule is CC(C)(c1ccccc1)c1ccc(N(c2ccccc2)c2ccc3ccc4c(N(c5ccccc5)c5ccc(C(C)(C)c6ccccc6)cc5)ccc5ccc2c3c54)cc1. The van der Waals surface area contributed by atoms with Crippen LogP contribution in [0.2, 0.25) is 0 Å². The summed E-state index contributed by atoms with van der Waals surface area (Å²) >= 11 is 0. The molecule has 0 bridgehead atoms. The van der Waals surface area contributed by atoms with Gasteiger partial charge >= 0.3 is 0 Å². The van der Waals surface area contributed by atoms with Crippen molar-refractivity contribution in [1.82, 2.24) is 0 Å². The summed E-state index contributed by atoms with van der Waals surface area (Å²) < 4.78 is 0. The number of anilines is 6. The molecule has 10 aromatic rings. The fourth-order valence-corrected chi connectivity index (χ4v) is 9.27. The third-order valence-corrected chi connectivity index (χ3v) is 12.8. The van der Waals surface area contributed by atoms with Crippen LogP contribution in [0.15, 0.2) is 218 Å². The van der Waals surface area contributed by atoms with E-state index in [4.69, 9.17) is 0 Å². The molecular weight excluding hydrogens is 725 g/mol. The molecule has 290 valence electrons. The van der Waals surface area contributed by atoms with Crippen molar-refractivity contribution in [1.29, 1.82) is 0 Å². The maximum absolute atomic E-state index is 2.42. The van der Waals surface area contributed by atoms with Gasteiger partial charge in [-0.05, 0) is 104 Å².